The summed E-state index contributed by atoms with van der Waals surface area (Å²) in [4.78, 5) is 13.2. The topological polar surface area (TPSA) is 60.8 Å². The molecule has 4 nitrogen and oxygen atoms in total. The van der Waals surface area contributed by atoms with E-state index in [1.54, 1.807) is 4.90 Å². The lowest BCUT2D eigenvalue weighted by atomic mass is 10.2. The second-order valence-corrected chi connectivity index (χ2v) is 3.39. The molecule has 1 aliphatic rings. The highest BCUT2D eigenvalue weighted by Gasteiger charge is 2.27. The molecular weight excluding hydrogens is 170 g/mol. The fourth-order valence-corrected chi connectivity index (χ4v) is 1.73. The normalized spacial score (nSPS) is 22.3. The summed E-state index contributed by atoms with van der Waals surface area (Å²) in [5.41, 5.74) is 0. The molecule has 0 aromatic heterocycles. The van der Waals surface area contributed by atoms with Crippen LogP contribution in [0.15, 0.2) is 0 Å². The molecule has 1 saturated heterocycles. The highest BCUT2D eigenvalue weighted by molar-refractivity contribution is 5.76. The number of hydrogen-bond acceptors (Lipinski definition) is 3. The third-order valence-electron chi connectivity index (χ3n) is 2.46. The summed E-state index contributed by atoms with van der Waals surface area (Å²) in [5.74, 6) is 0.0607. The van der Waals surface area contributed by atoms with E-state index in [0.717, 1.165) is 19.4 Å². The highest BCUT2D eigenvalue weighted by atomic mass is 16.3. The monoisotopic (exact) mass is 187 g/mol. The van der Waals surface area contributed by atoms with Crippen molar-refractivity contribution in [2.45, 2.75) is 31.7 Å². The van der Waals surface area contributed by atoms with Gasteiger partial charge in [-0.25, -0.2) is 0 Å². The van der Waals surface area contributed by atoms with Gasteiger partial charge in [0.1, 0.15) is 0 Å². The van der Waals surface area contributed by atoms with Crippen molar-refractivity contribution in [3.05, 3.63) is 0 Å². The van der Waals surface area contributed by atoms with Crippen LogP contribution >= 0.6 is 0 Å². The number of likely N-dealkylation sites (tertiary alicyclic amines) is 1. The van der Waals surface area contributed by atoms with Gasteiger partial charge in [0.25, 0.3) is 0 Å². The van der Waals surface area contributed by atoms with Gasteiger partial charge < -0.3 is 15.1 Å². The quantitative estimate of drug-likeness (QED) is 0.637. The first-order valence-corrected chi connectivity index (χ1v) is 4.80. The van der Waals surface area contributed by atoms with Crippen molar-refractivity contribution in [1.29, 1.82) is 0 Å². The molecule has 0 bridgehead atoms. The summed E-state index contributed by atoms with van der Waals surface area (Å²) in [7, 11) is 0. The summed E-state index contributed by atoms with van der Waals surface area (Å²) < 4.78 is 0. The third-order valence-corrected chi connectivity index (χ3v) is 2.46. The van der Waals surface area contributed by atoms with Gasteiger partial charge in [-0.1, -0.05) is 0 Å². The summed E-state index contributed by atoms with van der Waals surface area (Å²) in [6.45, 7) is 0.879. The Morgan fingerprint density at radius 3 is 2.85 bits per heavy atom. The van der Waals surface area contributed by atoms with Crippen LogP contribution in [0.4, 0.5) is 0 Å². The van der Waals surface area contributed by atoms with Gasteiger partial charge in [0, 0.05) is 19.6 Å². The van der Waals surface area contributed by atoms with Crippen molar-refractivity contribution in [2.24, 2.45) is 0 Å². The average molecular weight is 187 g/mol. The molecule has 0 spiro atoms. The molecule has 1 fully saturated rings. The minimum absolute atomic E-state index is 0.0196. The van der Waals surface area contributed by atoms with E-state index in [1.807, 2.05) is 0 Å². The molecule has 2 N–H and O–H groups in total. The molecule has 0 aliphatic carbocycles. The fourth-order valence-electron chi connectivity index (χ4n) is 1.73. The first-order chi connectivity index (χ1) is 6.29. The zero-order valence-electron chi connectivity index (χ0n) is 7.78. The van der Waals surface area contributed by atoms with Crippen LogP contribution in [-0.2, 0) is 4.79 Å². The van der Waals surface area contributed by atoms with Crippen LogP contribution in [0.5, 0.6) is 0 Å². The highest BCUT2D eigenvalue weighted by Crippen LogP contribution is 2.17. The predicted molar refractivity (Wildman–Crippen MR) is 48.1 cm³/mol. The van der Waals surface area contributed by atoms with Crippen molar-refractivity contribution in [1.82, 2.24) is 4.90 Å². The number of rotatable bonds is 4. The molecule has 1 aliphatic heterocycles. The van der Waals surface area contributed by atoms with E-state index in [9.17, 15) is 4.79 Å². The van der Waals surface area contributed by atoms with Crippen molar-refractivity contribution in [3.8, 4) is 0 Å². The van der Waals surface area contributed by atoms with E-state index >= 15 is 0 Å². The molecule has 0 aromatic carbocycles. The maximum Gasteiger partial charge on any atom is 0.222 e. The largest absolute Gasteiger partial charge is 0.396 e. The lowest BCUT2D eigenvalue weighted by Crippen LogP contribution is -2.37. The van der Waals surface area contributed by atoms with Gasteiger partial charge in [-0.05, 0) is 19.3 Å². The fraction of sp³-hybridized carbons (Fsp3) is 0.889. The van der Waals surface area contributed by atoms with Gasteiger partial charge in [0.05, 0.1) is 12.6 Å². The molecule has 13 heavy (non-hydrogen) atoms. The lowest BCUT2D eigenvalue weighted by Gasteiger charge is -2.22. The molecule has 76 valence electrons. The summed E-state index contributed by atoms with van der Waals surface area (Å²) in [5, 5.41) is 17.5. The Bertz CT molecular complexity index is 172. The molecule has 1 heterocycles. The van der Waals surface area contributed by atoms with Gasteiger partial charge in [-0.15, -0.1) is 0 Å². The lowest BCUT2D eigenvalue weighted by molar-refractivity contribution is -0.133. The van der Waals surface area contributed by atoms with E-state index in [4.69, 9.17) is 10.2 Å². The summed E-state index contributed by atoms with van der Waals surface area (Å²) >= 11 is 0. The van der Waals surface area contributed by atoms with Crippen LogP contribution in [0, 0.1) is 0 Å². The SMILES string of the molecule is O=C(CCCO)N1CCC[C@H]1CO. The third kappa shape index (κ3) is 2.67. The predicted octanol–water partition coefficient (Wildman–Crippen LogP) is -0.258. The molecule has 0 radical (unpaired) electrons. The van der Waals surface area contributed by atoms with Crippen LogP contribution < -0.4 is 0 Å². The number of amides is 1. The molecule has 0 unspecified atom stereocenters. The van der Waals surface area contributed by atoms with Crippen molar-refractivity contribution in [2.75, 3.05) is 19.8 Å². The molecule has 1 rings (SSSR count). The van der Waals surface area contributed by atoms with E-state index in [0.29, 0.717) is 12.8 Å². The van der Waals surface area contributed by atoms with Crippen LogP contribution in [-0.4, -0.2) is 46.8 Å². The molecule has 0 aromatic rings. The zero-order valence-corrected chi connectivity index (χ0v) is 7.78. The molecule has 0 saturated carbocycles. The molecule has 1 amide bonds. The number of carbonyl (C=O) groups excluding carboxylic acids is 1. The van der Waals surface area contributed by atoms with Gasteiger partial charge in [0.2, 0.25) is 5.91 Å². The Morgan fingerprint density at radius 1 is 1.46 bits per heavy atom. The Labute approximate surface area is 78.2 Å². The van der Waals surface area contributed by atoms with Crippen molar-refractivity contribution >= 4 is 5.91 Å². The second-order valence-electron chi connectivity index (χ2n) is 3.39. The summed E-state index contributed by atoms with van der Waals surface area (Å²) in [6.07, 6.45) is 2.80. The first kappa shape index (κ1) is 10.5. The number of aliphatic hydroxyl groups is 2. The Balaban J connectivity index is 2.36. The van der Waals surface area contributed by atoms with Gasteiger partial charge in [-0.3, -0.25) is 4.79 Å². The number of hydrogen-bond donors (Lipinski definition) is 2. The minimum Gasteiger partial charge on any atom is -0.396 e. The van der Waals surface area contributed by atoms with E-state index < -0.39 is 0 Å². The van der Waals surface area contributed by atoms with Crippen molar-refractivity contribution < 1.29 is 15.0 Å². The number of aliphatic hydroxyl groups excluding tert-OH is 2. The first-order valence-electron chi connectivity index (χ1n) is 4.80. The van der Waals surface area contributed by atoms with E-state index in [1.165, 1.54) is 0 Å². The van der Waals surface area contributed by atoms with Crippen molar-refractivity contribution in [3.63, 3.8) is 0 Å². The maximum absolute atomic E-state index is 11.5. The Kier molecular flexibility index (Phi) is 4.18. The second kappa shape index (κ2) is 5.19. The van der Waals surface area contributed by atoms with Gasteiger partial charge >= 0.3 is 0 Å². The van der Waals surface area contributed by atoms with Crippen LogP contribution in [0.1, 0.15) is 25.7 Å². The Morgan fingerprint density at radius 2 is 2.23 bits per heavy atom. The van der Waals surface area contributed by atoms with Crippen LogP contribution in [0.3, 0.4) is 0 Å². The smallest absolute Gasteiger partial charge is 0.222 e. The number of carbonyl (C=O) groups is 1. The molecule has 4 heteroatoms. The average Bonchev–Trinajstić information content (AvgIpc) is 2.61. The number of nitrogens with zero attached hydrogens (tertiary/aromatic N) is 1. The van der Waals surface area contributed by atoms with Crippen LogP contribution in [0.2, 0.25) is 0 Å². The van der Waals surface area contributed by atoms with E-state index in [2.05, 4.69) is 0 Å². The molecule has 1 atom stereocenters. The zero-order chi connectivity index (χ0) is 9.68. The van der Waals surface area contributed by atoms with E-state index in [-0.39, 0.29) is 25.2 Å². The van der Waals surface area contributed by atoms with Gasteiger partial charge in [0.15, 0.2) is 0 Å². The minimum atomic E-state index is 0.0196. The Hall–Kier alpha value is -0.610. The van der Waals surface area contributed by atoms with Gasteiger partial charge in [-0.2, -0.15) is 0 Å². The standard InChI is InChI=1S/C9H17NO3/c11-6-2-4-9(13)10-5-1-3-8(10)7-12/h8,11-12H,1-7H2/t8-/m0/s1. The maximum atomic E-state index is 11.5. The summed E-state index contributed by atoms with van der Waals surface area (Å²) in [6, 6.07) is 0.0196. The molecular formula is C9H17NO3. The van der Waals surface area contributed by atoms with Crippen LogP contribution in [0.25, 0.3) is 0 Å².